The lowest BCUT2D eigenvalue weighted by molar-refractivity contribution is 0.250. The number of nitrogens with one attached hydrogen (secondary N) is 2. The minimum absolute atomic E-state index is 0.329. The first-order valence-electron chi connectivity index (χ1n) is 7.78. The zero-order valence-corrected chi connectivity index (χ0v) is 14.9. The molecule has 7 heteroatoms. The predicted molar refractivity (Wildman–Crippen MR) is 98.1 cm³/mol. The van der Waals surface area contributed by atoms with Crippen LogP contribution in [0.5, 0.6) is 17.2 Å². The number of carbonyl (C=O) groups is 1. The number of hydrogen-bond donors (Lipinski definition) is 2. The second-order valence-corrected chi connectivity index (χ2v) is 5.49. The number of ether oxygens (including phenoxy) is 3. The number of benzene rings is 2. The van der Waals surface area contributed by atoms with Gasteiger partial charge >= 0.3 is 6.03 Å². The molecule has 0 fully saturated rings. The largest absolute Gasteiger partial charge is 0.497 e. The lowest BCUT2D eigenvalue weighted by atomic mass is 10.2. The molecule has 2 aromatic rings. The summed E-state index contributed by atoms with van der Waals surface area (Å²) in [6.45, 7) is 0.912. The summed E-state index contributed by atoms with van der Waals surface area (Å²) in [7, 11) is 3.10. The fourth-order valence-electron chi connectivity index (χ4n) is 2.10. The molecule has 25 heavy (non-hydrogen) atoms. The molecule has 0 aliphatic heterocycles. The van der Waals surface area contributed by atoms with E-state index in [1.165, 1.54) is 7.11 Å². The summed E-state index contributed by atoms with van der Waals surface area (Å²) < 4.78 is 15.9. The Morgan fingerprint density at radius 2 is 1.88 bits per heavy atom. The Balaban J connectivity index is 1.75. The Morgan fingerprint density at radius 1 is 1.08 bits per heavy atom. The Bertz CT molecular complexity index is 709. The number of methoxy groups -OCH3 is 2. The summed E-state index contributed by atoms with van der Waals surface area (Å²) in [6.07, 6.45) is 0.647. The smallest absolute Gasteiger partial charge is 0.319 e. The normalized spacial score (nSPS) is 10.0. The highest BCUT2D eigenvalue weighted by atomic mass is 35.5. The molecule has 0 radical (unpaired) electrons. The lowest BCUT2D eigenvalue weighted by Crippen LogP contribution is -2.30. The van der Waals surface area contributed by atoms with Crippen LogP contribution in [-0.4, -0.2) is 33.4 Å². The van der Waals surface area contributed by atoms with E-state index in [1.54, 1.807) is 37.4 Å². The van der Waals surface area contributed by atoms with Crippen LogP contribution in [0, 0.1) is 0 Å². The molecule has 0 saturated heterocycles. The van der Waals surface area contributed by atoms with E-state index in [2.05, 4.69) is 10.6 Å². The van der Waals surface area contributed by atoms with Gasteiger partial charge in [-0.05, 0) is 30.7 Å². The van der Waals surface area contributed by atoms with Gasteiger partial charge in [-0.25, -0.2) is 4.79 Å². The average Bonchev–Trinajstić information content (AvgIpc) is 2.62. The molecule has 2 amide bonds. The third kappa shape index (κ3) is 5.76. The van der Waals surface area contributed by atoms with Crippen LogP contribution in [0.2, 0.25) is 5.02 Å². The van der Waals surface area contributed by atoms with Crippen molar-refractivity contribution in [2.75, 3.05) is 32.7 Å². The van der Waals surface area contributed by atoms with Crippen LogP contribution < -0.4 is 24.8 Å². The first-order valence-corrected chi connectivity index (χ1v) is 8.16. The van der Waals surface area contributed by atoms with Crippen LogP contribution in [0.15, 0.2) is 42.5 Å². The van der Waals surface area contributed by atoms with Crippen LogP contribution in [-0.2, 0) is 0 Å². The molecule has 2 N–H and O–H groups in total. The summed E-state index contributed by atoms with van der Waals surface area (Å²) in [6, 6.07) is 12.1. The fourth-order valence-corrected chi connectivity index (χ4v) is 2.29. The summed E-state index contributed by atoms with van der Waals surface area (Å²) in [5, 5.41) is 6.07. The SMILES string of the molecule is COc1ccc(OC)c(NC(=O)NCCCOc2ccccc2Cl)c1. The van der Waals surface area contributed by atoms with E-state index in [4.69, 9.17) is 25.8 Å². The van der Waals surface area contributed by atoms with Crippen molar-refractivity contribution in [3.63, 3.8) is 0 Å². The van der Waals surface area contributed by atoms with Crippen molar-refractivity contribution in [1.82, 2.24) is 5.32 Å². The third-order valence-electron chi connectivity index (χ3n) is 3.36. The number of para-hydroxylation sites is 1. The lowest BCUT2D eigenvalue weighted by Gasteiger charge is -2.13. The van der Waals surface area contributed by atoms with Crippen molar-refractivity contribution >= 4 is 23.3 Å². The van der Waals surface area contributed by atoms with Crippen molar-refractivity contribution < 1.29 is 19.0 Å². The molecule has 0 spiro atoms. The van der Waals surface area contributed by atoms with Crippen LogP contribution in [0.4, 0.5) is 10.5 Å². The second-order valence-electron chi connectivity index (χ2n) is 5.08. The summed E-state index contributed by atoms with van der Waals surface area (Å²) in [5.41, 5.74) is 0.534. The highest BCUT2D eigenvalue weighted by Gasteiger charge is 2.08. The van der Waals surface area contributed by atoms with Crippen molar-refractivity contribution in [1.29, 1.82) is 0 Å². The molecule has 0 unspecified atom stereocenters. The van der Waals surface area contributed by atoms with Gasteiger partial charge in [0, 0.05) is 12.6 Å². The molecular formula is C18H21ClN2O4. The van der Waals surface area contributed by atoms with Crippen molar-refractivity contribution in [2.24, 2.45) is 0 Å². The molecule has 2 rings (SSSR count). The molecule has 0 bridgehead atoms. The molecule has 0 aliphatic carbocycles. The third-order valence-corrected chi connectivity index (χ3v) is 3.67. The Morgan fingerprint density at radius 3 is 2.60 bits per heavy atom. The van der Waals surface area contributed by atoms with Gasteiger partial charge in [-0.1, -0.05) is 23.7 Å². The van der Waals surface area contributed by atoms with Gasteiger partial charge in [-0.2, -0.15) is 0 Å². The van der Waals surface area contributed by atoms with Crippen LogP contribution in [0.1, 0.15) is 6.42 Å². The molecule has 0 aromatic heterocycles. The van der Waals surface area contributed by atoms with E-state index < -0.39 is 0 Å². The van der Waals surface area contributed by atoms with Gasteiger partial charge in [-0.3, -0.25) is 0 Å². The van der Waals surface area contributed by atoms with E-state index in [9.17, 15) is 4.79 Å². The molecule has 6 nitrogen and oxygen atoms in total. The highest BCUT2D eigenvalue weighted by Crippen LogP contribution is 2.28. The number of hydrogen-bond acceptors (Lipinski definition) is 4. The summed E-state index contributed by atoms with van der Waals surface area (Å²) in [4.78, 5) is 12.0. The van der Waals surface area contributed by atoms with E-state index in [0.717, 1.165) is 0 Å². The average molecular weight is 365 g/mol. The maximum atomic E-state index is 12.0. The quantitative estimate of drug-likeness (QED) is 0.696. The zero-order valence-electron chi connectivity index (χ0n) is 14.2. The van der Waals surface area contributed by atoms with Gasteiger partial charge < -0.3 is 24.8 Å². The van der Waals surface area contributed by atoms with Crippen molar-refractivity contribution in [2.45, 2.75) is 6.42 Å². The Labute approximate surface area is 152 Å². The van der Waals surface area contributed by atoms with Crippen LogP contribution in [0.3, 0.4) is 0 Å². The molecular weight excluding hydrogens is 344 g/mol. The molecule has 0 saturated carbocycles. The molecule has 0 atom stereocenters. The number of carbonyl (C=O) groups excluding carboxylic acids is 1. The van der Waals surface area contributed by atoms with E-state index in [-0.39, 0.29) is 6.03 Å². The highest BCUT2D eigenvalue weighted by molar-refractivity contribution is 6.32. The van der Waals surface area contributed by atoms with Gasteiger partial charge in [0.2, 0.25) is 0 Å². The van der Waals surface area contributed by atoms with Gasteiger partial charge in [0.1, 0.15) is 17.2 Å². The van der Waals surface area contributed by atoms with Gasteiger partial charge in [0.05, 0.1) is 31.5 Å². The fraction of sp³-hybridized carbons (Fsp3) is 0.278. The standard InChI is InChI=1S/C18H21ClN2O4/c1-23-13-8-9-17(24-2)15(12-13)21-18(22)20-10-5-11-25-16-7-4-3-6-14(16)19/h3-4,6-9,12H,5,10-11H2,1-2H3,(H2,20,21,22). The van der Waals surface area contributed by atoms with Gasteiger partial charge in [0.15, 0.2) is 0 Å². The summed E-state index contributed by atoms with van der Waals surface area (Å²) in [5.74, 6) is 1.82. The monoisotopic (exact) mass is 364 g/mol. The Hall–Kier alpha value is -2.60. The Kier molecular flexibility index (Phi) is 7.22. The van der Waals surface area contributed by atoms with E-state index in [1.807, 2.05) is 12.1 Å². The molecule has 134 valence electrons. The zero-order chi connectivity index (χ0) is 18.1. The van der Waals surface area contributed by atoms with Crippen LogP contribution >= 0.6 is 11.6 Å². The topological polar surface area (TPSA) is 68.8 Å². The minimum atomic E-state index is -0.329. The van der Waals surface area contributed by atoms with E-state index in [0.29, 0.717) is 47.5 Å². The maximum absolute atomic E-state index is 12.0. The molecule has 0 heterocycles. The van der Waals surface area contributed by atoms with Crippen LogP contribution in [0.25, 0.3) is 0 Å². The number of halogens is 1. The number of rotatable bonds is 8. The first kappa shape index (κ1) is 18.7. The van der Waals surface area contributed by atoms with Crippen molar-refractivity contribution in [3.8, 4) is 17.2 Å². The van der Waals surface area contributed by atoms with E-state index >= 15 is 0 Å². The van der Waals surface area contributed by atoms with Gasteiger partial charge in [-0.15, -0.1) is 0 Å². The first-order chi connectivity index (χ1) is 12.1. The van der Waals surface area contributed by atoms with Crippen molar-refractivity contribution in [3.05, 3.63) is 47.5 Å². The molecule has 2 aromatic carbocycles. The minimum Gasteiger partial charge on any atom is -0.497 e. The number of anilines is 1. The number of amides is 2. The second kappa shape index (κ2) is 9.64. The summed E-state index contributed by atoms with van der Waals surface area (Å²) >= 11 is 6.00. The number of urea groups is 1. The predicted octanol–water partition coefficient (Wildman–Crippen LogP) is 3.95. The molecule has 0 aliphatic rings. The maximum Gasteiger partial charge on any atom is 0.319 e. The van der Waals surface area contributed by atoms with Gasteiger partial charge in [0.25, 0.3) is 0 Å².